The van der Waals surface area contributed by atoms with Crippen LogP contribution in [0.5, 0.6) is 0 Å². The minimum Gasteiger partial charge on any atom is -0.444 e. The van der Waals surface area contributed by atoms with E-state index in [-0.39, 0.29) is 11.8 Å². The van der Waals surface area contributed by atoms with Crippen molar-refractivity contribution >= 4 is 28.8 Å². The molecule has 2 aromatic carbocycles. The van der Waals surface area contributed by atoms with Crippen molar-refractivity contribution in [2.24, 2.45) is 11.7 Å². The Morgan fingerprint density at radius 3 is 2.45 bits per heavy atom. The van der Waals surface area contributed by atoms with Crippen LogP contribution in [-0.2, 0) is 16.1 Å². The first-order chi connectivity index (χ1) is 15.6. The third-order valence-corrected chi connectivity index (χ3v) is 5.37. The van der Waals surface area contributed by atoms with E-state index in [1.807, 2.05) is 57.3 Å². The number of nitrogens with one attached hydrogen (secondary N) is 1. The fraction of sp³-hybridized carbons (Fsp3) is 0.333. The first-order valence-electron chi connectivity index (χ1n) is 10.7. The SMILES string of the molecule is CC(C)(C)OC(=O)N1CC(C(=O)NCc2ccc(-n3cc4cccc(C(N)=O)c4n3)cc2)C1. The first kappa shape index (κ1) is 22.3. The molecule has 1 aliphatic heterocycles. The van der Waals surface area contributed by atoms with Gasteiger partial charge >= 0.3 is 6.09 Å². The summed E-state index contributed by atoms with van der Waals surface area (Å²) >= 11 is 0. The molecule has 3 N–H and O–H groups in total. The number of fused-ring (bicyclic) bond motifs is 1. The number of primary amides is 1. The van der Waals surface area contributed by atoms with Crippen LogP contribution in [0.1, 0.15) is 36.7 Å². The number of carbonyl (C=O) groups excluding carboxylic acids is 3. The number of carbonyl (C=O) groups is 3. The Bertz CT molecular complexity index is 1200. The third kappa shape index (κ3) is 4.97. The van der Waals surface area contributed by atoms with Gasteiger partial charge in [-0.05, 0) is 44.5 Å². The molecule has 3 amide bonds. The highest BCUT2D eigenvalue weighted by molar-refractivity contribution is 6.04. The van der Waals surface area contributed by atoms with Crippen LogP contribution in [0.4, 0.5) is 4.79 Å². The van der Waals surface area contributed by atoms with Crippen molar-refractivity contribution in [1.82, 2.24) is 20.0 Å². The molecular formula is C24H27N5O4. The smallest absolute Gasteiger partial charge is 0.410 e. The summed E-state index contributed by atoms with van der Waals surface area (Å²) in [5, 5.41) is 8.24. The predicted molar refractivity (Wildman–Crippen MR) is 123 cm³/mol. The lowest BCUT2D eigenvalue weighted by Crippen LogP contribution is -2.56. The van der Waals surface area contributed by atoms with Gasteiger partial charge in [0.2, 0.25) is 5.91 Å². The average molecular weight is 450 g/mol. The molecule has 1 fully saturated rings. The minimum absolute atomic E-state index is 0.0869. The van der Waals surface area contributed by atoms with Crippen molar-refractivity contribution in [3.63, 3.8) is 0 Å². The summed E-state index contributed by atoms with van der Waals surface area (Å²) in [5.74, 6) is -0.832. The Morgan fingerprint density at radius 1 is 1.12 bits per heavy atom. The van der Waals surface area contributed by atoms with Crippen LogP contribution in [0.15, 0.2) is 48.7 Å². The fourth-order valence-corrected chi connectivity index (χ4v) is 3.60. The first-order valence-corrected chi connectivity index (χ1v) is 10.7. The van der Waals surface area contributed by atoms with Crippen molar-refractivity contribution in [3.8, 4) is 5.69 Å². The van der Waals surface area contributed by atoms with Crippen LogP contribution < -0.4 is 11.1 Å². The van der Waals surface area contributed by atoms with E-state index in [9.17, 15) is 14.4 Å². The molecule has 3 aromatic rings. The Labute approximate surface area is 191 Å². The number of hydrogen-bond acceptors (Lipinski definition) is 5. The second-order valence-electron chi connectivity index (χ2n) is 9.15. The molecule has 172 valence electrons. The van der Waals surface area contributed by atoms with E-state index >= 15 is 0 Å². The summed E-state index contributed by atoms with van der Waals surface area (Å²) in [5.41, 5.74) is 7.58. The minimum atomic E-state index is -0.552. The highest BCUT2D eigenvalue weighted by Crippen LogP contribution is 2.21. The van der Waals surface area contributed by atoms with Gasteiger partial charge < -0.3 is 20.7 Å². The average Bonchev–Trinajstić information content (AvgIpc) is 3.14. The molecule has 0 spiro atoms. The number of nitrogens with zero attached hydrogens (tertiary/aromatic N) is 3. The lowest BCUT2D eigenvalue weighted by Gasteiger charge is -2.38. The van der Waals surface area contributed by atoms with Crippen LogP contribution in [0.2, 0.25) is 0 Å². The van der Waals surface area contributed by atoms with Crippen LogP contribution in [-0.4, -0.2) is 51.3 Å². The molecule has 0 aliphatic carbocycles. The van der Waals surface area contributed by atoms with Gasteiger partial charge in [-0.3, -0.25) is 9.59 Å². The number of aromatic nitrogens is 2. The van der Waals surface area contributed by atoms with Gasteiger partial charge in [-0.1, -0.05) is 24.3 Å². The molecule has 0 atom stereocenters. The zero-order chi connectivity index (χ0) is 23.8. The number of amides is 3. The zero-order valence-electron chi connectivity index (χ0n) is 18.9. The van der Waals surface area contributed by atoms with Gasteiger partial charge in [0.1, 0.15) is 11.1 Å². The molecule has 1 aromatic heterocycles. The van der Waals surface area contributed by atoms with E-state index in [2.05, 4.69) is 10.4 Å². The van der Waals surface area contributed by atoms with Crippen molar-refractivity contribution in [2.75, 3.05) is 13.1 Å². The molecule has 33 heavy (non-hydrogen) atoms. The molecule has 1 aliphatic rings. The van der Waals surface area contributed by atoms with Gasteiger partial charge in [0.15, 0.2) is 0 Å². The lowest BCUT2D eigenvalue weighted by atomic mass is 10.00. The largest absolute Gasteiger partial charge is 0.444 e. The highest BCUT2D eigenvalue weighted by Gasteiger charge is 2.37. The predicted octanol–water partition coefficient (Wildman–Crippen LogP) is 2.61. The number of rotatable bonds is 5. The second-order valence-corrected chi connectivity index (χ2v) is 9.15. The molecule has 9 heteroatoms. The van der Waals surface area contributed by atoms with E-state index in [1.165, 1.54) is 4.90 Å². The normalized spacial score (nSPS) is 14.1. The summed E-state index contributed by atoms with van der Waals surface area (Å²) in [6.07, 6.45) is 1.45. The summed E-state index contributed by atoms with van der Waals surface area (Å²) in [4.78, 5) is 37.5. The van der Waals surface area contributed by atoms with E-state index in [0.29, 0.717) is 30.7 Å². The van der Waals surface area contributed by atoms with E-state index in [4.69, 9.17) is 10.5 Å². The number of benzene rings is 2. The monoisotopic (exact) mass is 449 g/mol. The Morgan fingerprint density at radius 2 is 1.82 bits per heavy atom. The van der Waals surface area contributed by atoms with Gasteiger partial charge in [-0.2, -0.15) is 5.10 Å². The summed E-state index contributed by atoms with van der Waals surface area (Å²) in [6, 6.07) is 12.9. The Hall–Kier alpha value is -3.88. The standard InChI is InChI=1S/C24H27N5O4/c1-24(2,3)33-23(32)28-12-17(13-28)22(31)26-11-15-7-9-18(10-8-15)29-14-16-5-4-6-19(21(25)30)20(16)27-29/h4-10,14,17H,11-13H2,1-3H3,(H2,25,30)(H,26,31). The van der Waals surface area contributed by atoms with Gasteiger partial charge in [0, 0.05) is 31.2 Å². The highest BCUT2D eigenvalue weighted by atomic mass is 16.6. The fourth-order valence-electron chi connectivity index (χ4n) is 3.60. The van der Waals surface area contributed by atoms with Crippen molar-refractivity contribution in [3.05, 3.63) is 59.8 Å². The summed E-state index contributed by atoms with van der Waals surface area (Å²) < 4.78 is 7.00. The maximum atomic E-state index is 12.4. The maximum absolute atomic E-state index is 12.4. The molecule has 0 unspecified atom stereocenters. The molecule has 0 saturated carbocycles. The van der Waals surface area contributed by atoms with E-state index < -0.39 is 17.6 Å². The number of ether oxygens (including phenoxy) is 1. The molecule has 0 bridgehead atoms. The molecule has 2 heterocycles. The molecule has 4 rings (SSSR count). The third-order valence-electron chi connectivity index (χ3n) is 5.37. The van der Waals surface area contributed by atoms with E-state index in [1.54, 1.807) is 16.8 Å². The van der Waals surface area contributed by atoms with Crippen LogP contribution >= 0.6 is 0 Å². The summed E-state index contributed by atoms with van der Waals surface area (Å²) in [7, 11) is 0. The Balaban J connectivity index is 1.32. The number of nitrogens with two attached hydrogens (primary N) is 1. The van der Waals surface area contributed by atoms with Gasteiger partial charge in [-0.25, -0.2) is 9.48 Å². The Kier molecular flexibility index (Phi) is 5.80. The lowest BCUT2D eigenvalue weighted by molar-refractivity contribution is -0.129. The number of likely N-dealkylation sites (tertiary alicyclic amines) is 1. The van der Waals surface area contributed by atoms with Crippen molar-refractivity contribution in [2.45, 2.75) is 32.9 Å². The van der Waals surface area contributed by atoms with Crippen LogP contribution in [0.25, 0.3) is 16.6 Å². The quantitative estimate of drug-likeness (QED) is 0.620. The topological polar surface area (TPSA) is 120 Å². The molecule has 1 saturated heterocycles. The van der Waals surface area contributed by atoms with Gasteiger partial charge in [-0.15, -0.1) is 0 Å². The molecule has 9 nitrogen and oxygen atoms in total. The van der Waals surface area contributed by atoms with Crippen molar-refractivity contribution in [1.29, 1.82) is 0 Å². The second kappa shape index (κ2) is 8.57. The van der Waals surface area contributed by atoms with E-state index in [0.717, 1.165) is 16.6 Å². The zero-order valence-corrected chi connectivity index (χ0v) is 18.9. The molecule has 0 radical (unpaired) electrons. The van der Waals surface area contributed by atoms with Gasteiger partial charge in [0.25, 0.3) is 5.91 Å². The van der Waals surface area contributed by atoms with Gasteiger partial charge in [0.05, 0.1) is 17.2 Å². The number of hydrogen-bond donors (Lipinski definition) is 2. The van der Waals surface area contributed by atoms with Crippen LogP contribution in [0, 0.1) is 5.92 Å². The van der Waals surface area contributed by atoms with Crippen molar-refractivity contribution < 1.29 is 19.1 Å². The maximum Gasteiger partial charge on any atom is 0.410 e. The van der Waals surface area contributed by atoms with Crippen LogP contribution in [0.3, 0.4) is 0 Å². The summed E-state index contributed by atoms with van der Waals surface area (Å²) in [6.45, 7) is 6.54. The molecular weight excluding hydrogens is 422 g/mol.